The molecular weight excluding hydrogens is 299 g/mol. The predicted molar refractivity (Wildman–Crippen MR) is 70.6 cm³/mol. The highest BCUT2D eigenvalue weighted by molar-refractivity contribution is 9.10. The van der Waals surface area contributed by atoms with Crippen LogP contribution in [0, 0.1) is 5.82 Å². The molecule has 0 aliphatic heterocycles. The third-order valence-electron chi connectivity index (χ3n) is 2.34. The van der Waals surface area contributed by atoms with Gasteiger partial charge in [-0.15, -0.1) is 0 Å². The Morgan fingerprint density at radius 3 is 2.67 bits per heavy atom. The van der Waals surface area contributed by atoms with E-state index in [1.54, 1.807) is 30.3 Å². The summed E-state index contributed by atoms with van der Waals surface area (Å²) < 4.78 is 19.4. The third-order valence-corrected chi connectivity index (χ3v) is 2.84. The van der Waals surface area contributed by atoms with Gasteiger partial charge in [-0.05, 0) is 37.3 Å². The molecule has 0 aliphatic carbocycles. The van der Waals surface area contributed by atoms with Crippen molar-refractivity contribution in [3.05, 3.63) is 58.3 Å². The van der Waals surface area contributed by atoms with Gasteiger partial charge in [0, 0.05) is 10.5 Å². The fourth-order valence-corrected chi connectivity index (χ4v) is 1.88. The first-order valence-corrected chi connectivity index (χ1v) is 6.09. The van der Waals surface area contributed by atoms with Crippen LogP contribution >= 0.6 is 15.9 Å². The molecule has 2 aromatic rings. The van der Waals surface area contributed by atoms with E-state index < -0.39 is 0 Å². The van der Waals surface area contributed by atoms with Crippen LogP contribution in [-0.2, 0) is 0 Å². The largest absolute Gasteiger partial charge is 0.457 e. The van der Waals surface area contributed by atoms with E-state index in [4.69, 9.17) is 4.74 Å². The van der Waals surface area contributed by atoms with Crippen LogP contribution in [0.5, 0.6) is 11.5 Å². The van der Waals surface area contributed by atoms with Crippen LogP contribution in [0.25, 0.3) is 0 Å². The van der Waals surface area contributed by atoms with Crippen molar-refractivity contribution in [2.45, 2.75) is 6.92 Å². The van der Waals surface area contributed by atoms with E-state index in [0.29, 0.717) is 17.1 Å². The molecule has 0 radical (unpaired) electrons. The molecule has 2 aromatic carbocycles. The molecule has 0 aliphatic rings. The first-order valence-electron chi connectivity index (χ1n) is 5.30. The maximum absolute atomic E-state index is 13.0. The van der Waals surface area contributed by atoms with Gasteiger partial charge in [0.2, 0.25) is 0 Å². The fraction of sp³-hybridized carbons (Fsp3) is 0.0714. The molecule has 0 unspecified atom stereocenters. The standard InChI is InChI=1S/C14H10BrFO2/c1-9(17)13-7-10(15)5-6-14(13)18-12-4-2-3-11(16)8-12/h2-8H,1H3. The van der Waals surface area contributed by atoms with E-state index >= 15 is 0 Å². The minimum atomic E-state index is -0.381. The number of carbonyl (C=O) groups excluding carboxylic acids is 1. The second kappa shape index (κ2) is 5.31. The fourth-order valence-electron chi connectivity index (χ4n) is 1.52. The lowest BCUT2D eigenvalue weighted by atomic mass is 10.1. The van der Waals surface area contributed by atoms with Crippen LogP contribution in [0.2, 0.25) is 0 Å². The van der Waals surface area contributed by atoms with Crippen LogP contribution in [-0.4, -0.2) is 5.78 Å². The zero-order valence-electron chi connectivity index (χ0n) is 9.61. The topological polar surface area (TPSA) is 26.3 Å². The van der Waals surface area contributed by atoms with Crippen LogP contribution in [0.1, 0.15) is 17.3 Å². The lowest BCUT2D eigenvalue weighted by Gasteiger charge is -2.09. The summed E-state index contributed by atoms with van der Waals surface area (Å²) in [5, 5.41) is 0. The van der Waals surface area contributed by atoms with Gasteiger partial charge in [0.05, 0.1) is 5.56 Å². The molecule has 0 aromatic heterocycles. The number of rotatable bonds is 3. The summed E-state index contributed by atoms with van der Waals surface area (Å²) >= 11 is 3.29. The van der Waals surface area contributed by atoms with Gasteiger partial charge in [-0.25, -0.2) is 4.39 Å². The molecule has 92 valence electrons. The highest BCUT2D eigenvalue weighted by Crippen LogP contribution is 2.28. The number of carbonyl (C=O) groups is 1. The maximum atomic E-state index is 13.0. The van der Waals surface area contributed by atoms with Gasteiger partial charge < -0.3 is 4.74 Å². The van der Waals surface area contributed by atoms with Gasteiger partial charge in [0.25, 0.3) is 0 Å². The molecule has 0 spiro atoms. The Hall–Kier alpha value is -1.68. The molecule has 0 saturated carbocycles. The zero-order valence-corrected chi connectivity index (χ0v) is 11.2. The quantitative estimate of drug-likeness (QED) is 0.776. The van der Waals surface area contributed by atoms with Gasteiger partial charge in [0.1, 0.15) is 17.3 Å². The third kappa shape index (κ3) is 2.96. The smallest absolute Gasteiger partial charge is 0.163 e. The van der Waals surface area contributed by atoms with Crippen molar-refractivity contribution in [1.82, 2.24) is 0 Å². The van der Waals surface area contributed by atoms with E-state index in [2.05, 4.69) is 15.9 Å². The first kappa shape index (κ1) is 12.8. The van der Waals surface area contributed by atoms with Crippen molar-refractivity contribution in [3.8, 4) is 11.5 Å². The Morgan fingerprint density at radius 1 is 1.22 bits per heavy atom. The molecule has 0 N–H and O–H groups in total. The lowest BCUT2D eigenvalue weighted by Crippen LogP contribution is -1.97. The average Bonchev–Trinajstić information content (AvgIpc) is 2.31. The van der Waals surface area contributed by atoms with E-state index in [1.807, 2.05) is 0 Å². The molecule has 18 heavy (non-hydrogen) atoms. The monoisotopic (exact) mass is 308 g/mol. The second-order valence-corrected chi connectivity index (χ2v) is 4.67. The van der Waals surface area contributed by atoms with Crippen molar-refractivity contribution in [1.29, 1.82) is 0 Å². The molecule has 2 rings (SSSR count). The summed E-state index contributed by atoms with van der Waals surface area (Å²) in [4.78, 5) is 11.5. The second-order valence-electron chi connectivity index (χ2n) is 3.76. The number of halogens is 2. The van der Waals surface area contributed by atoms with Crippen molar-refractivity contribution in [2.75, 3.05) is 0 Å². The van der Waals surface area contributed by atoms with Crippen molar-refractivity contribution in [2.24, 2.45) is 0 Å². The highest BCUT2D eigenvalue weighted by Gasteiger charge is 2.10. The first-order chi connectivity index (χ1) is 8.56. The number of hydrogen-bond donors (Lipinski definition) is 0. The van der Waals surface area contributed by atoms with E-state index in [-0.39, 0.29) is 11.6 Å². The number of ketones is 1. The summed E-state index contributed by atoms with van der Waals surface area (Å²) in [6, 6.07) is 10.9. The summed E-state index contributed by atoms with van der Waals surface area (Å²) in [6.07, 6.45) is 0. The SMILES string of the molecule is CC(=O)c1cc(Br)ccc1Oc1cccc(F)c1. The Bertz CT molecular complexity index is 596. The zero-order chi connectivity index (χ0) is 13.1. The number of ether oxygens (including phenoxy) is 1. The van der Waals surface area contributed by atoms with Crippen molar-refractivity contribution >= 4 is 21.7 Å². The van der Waals surface area contributed by atoms with Gasteiger partial charge >= 0.3 is 0 Å². The average molecular weight is 309 g/mol. The van der Waals surface area contributed by atoms with Gasteiger partial charge in [-0.3, -0.25) is 4.79 Å². The molecule has 2 nitrogen and oxygen atoms in total. The van der Waals surface area contributed by atoms with E-state index in [0.717, 1.165) is 4.47 Å². The van der Waals surface area contributed by atoms with Crippen molar-refractivity contribution < 1.29 is 13.9 Å². The Balaban J connectivity index is 2.37. The lowest BCUT2D eigenvalue weighted by molar-refractivity contribution is 0.101. The Kier molecular flexibility index (Phi) is 3.77. The molecule has 0 atom stereocenters. The summed E-state index contributed by atoms with van der Waals surface area (Å²) in [5.41, 5.74) is 0.452. The van der Waals surface area contributed by atoms with Crippen molar-refractivity contribution in [3.63, 3.8) is 0 Å². The minimum absolute atomic E-state index is 0.109. The van der Waals surface area contributed by atoms with Gasteiger partial charge in [-0.2, -0.15) is 0 Å². The summed E-state index contributed by atoms with van der Waals surface area (Å²) in [7, 11) is 0. The van der Waals surface area contributed by atoms with Crippen LogP contribution in [0.3, 0.4) is 0 Å². The molecule has 0 fully saturated rings. The van der Waals surface area contributed by atoms with Crippen LogP contribution in [0.4, 0.5) is 4.39 Å². The summed E-state index contributed by atoms with van der Waals surface area (Å²) in [5.74, 6) is 0.285. The molecule has 0 heterocycles. The number of hydrogen-bond acceptors (Lipinski definition) is 2. The predicted octanol–water partition coefficient (Wildman–Crippen LogP) is 4.58. The van der Waals surface area contributed by atoms with Crippen LogP contribution < -0.4 is 4.74 Å². The molecular formula is C14H10BrFO2. The maximum Gasteiger partial charge on any atom is 0.163 e. The molecule has 0 saturated heterocycles. The van der Waals surface area contributed by atoms with Gasteiger partial charge in [-0.1, -0.05) is 22.0 Å². The highest BCUT2D eigenvalue weighted by atomic mass is 79.9. The molecule has 4 heteroatoms. The summed E-state index contributed by atoms with van der Waals surface area (Å²) in [6.45, 7) is 1.46. The number of Topliss-reactive ketones (excluding diaryl/α,β-unsaturated/α-hetero) is 1. The molecule has 0 bridgehead atoms. The number of benzene rings is 2. The Labute approximate surface area is 113 Å². The van der Waals surface area contributed by atoms with Crippen LogP contribution in [0.15, 0.2) is 46.9 Å². The van der Waals surface area contributed by atoms with Gasteiger partial charge in [0.15, 0.2) is 5.78 Å². The van der Waals surface area contributed by atoms with E-state index in [9.17, 15) is 9.18 Å². The van der Waals surface area contributed by atoms with E-state index in [1.165, 1.54) is 19.1 Å². The minimum Gasteiger partial charge on any atom is -0.457 e. The normalized spacial score (nSPS) is 10.2. The Morgan fingerprint density at radius 2 is 2.00 bits per heavy atom. The molecule has 0 amide bonds.